The minimum atomic E-state index is -3.49. The summed E-state index contributed by atoms with van der Waals surface area (Å²) in [5.74, 6) is -0.403. The quantitative estimate of drug-likeness (QED) is 0.236. The van der Waals surface area contributed by atoms with Crippen LogP contribution >= 0.6 is 8.58 Å². The summed E-state index contributed by atoms with van der Waals surface area (Å²) in [6, 6.07) is 9.83. The van der Waals surface area contributed by atoms with Gasteiger partial charge in [0.25, 0.3) is 10.1 Å². The van der Waals surface area contributed by atoms with E-state index in [-0.39, 0.29) is 21.5 Å². The Bertz CT molecular complexity index is 619. The zero-order valence-electron chi connectivity index (χ0n) is 15.0. The van der Waals surface area contributed by atoms with Crippen molar-refractivity contribution in [3.05, 3.63) is 35.9 Å². The van der Waals surface area contributed by atoms with Crippen molar-refractivity contribution in [2.24, 2.45) is 0 Å². The summed E-state index contributed by atoms with van der Waals surface area (Å²) in [7, 11) is -3.39. The molecule has 25 heavy (non-hydrogen) atoms. The highest BCUT2D eigenvalue weighted by Gasteiger charge is 2.40. The van der Waals surface area contributed by atoms with Crippen LogP contribution in [0.25, 0.3) is 0 Å². The molecule has 0 radical (unpaired) electrons. The van der Waals surface area contributed by atoms with Gasteiger partial charge in [-0.3, -0.25) is 4.18 Å². The number of esters is 1. The number of carbonyl (C=O) groups is 1. The largest absolute Gasteiger partial charge is 0.464 e. The van der Waals surface area contributed by atoms with Crippen LogP contribution in [0.1, 0.15) is 25.8 Å². The summed E-state index contributed by atoms with van der Waals surface area (Å²) < 4.78 is 38.0. The Morgan fingerprint density at radius 1 is 1.16 bits per heavy atom. The lowest BCUT2D eigenvalue weighted by Crippen LogP contribution is -2.46. The van der Waals surface area contributed by atoms with Crippen molar-refractivity contribution in [3.63, 3.8) is 0 Å². The van der Waals surface area contributed by atoms with Crippen LogP contribution in [-0.2, 0) is 35.0 Å². The average Bonchev–Trinajstić information content (AvgIpc) is 2.57. The number of ether oxygens (including phenoxy) is 2. The normalized spacial score (nSPS) is 14.5. The van der Waals surface area contributed by atoms with Crippen LogP contribution in [0.15, 0.2) is 30.3 Å². The number of carbonyl (C=O) groups excluding carboxylic acids is 1. The second kappa shape index (κ2) is 10.9. The average molecular weight is 390 g/mol. The van der Waals surface area contributed by atoms with E-state index >= 15 is 0 Å². The maximum absolute atomic E-state index is 12.6. The highest BCUT2D eigenvalue weighted by Crippen LogP contribution is 2.29. The van der Waals surface area contributed by atoms with E-state index < -0.39 is 21.7 Å². The van der Waals surface area contributed by atoms with Crippen molar-refractivity contribution in [1.29, 1.82) is 0 Å². The predicted octanol–water partition coefficient (Wildman–Crippen LogP) is 2.57. The van der Waals surface area contributed by atoms with E-state index in [0.29, 0.717) is 25.6 Å². The Balaban J connectivity index is 2.83. The van der Waals surface area contributed by atoms with E-state index in [2.05, 4.69) is 0 Å². The second-order valence-corrected chi connectivity index (χ2v) is 8.31. The summed E-state index contributed by atoms with van der Waals surface area (Å²) >= 11 is 0. The van der Waals surface area contributed by atoms with E-state index in [0.717, 1.165) is 11.8 Å². The molecule has 1 aromatic carbocycles. The van der Waals surface area contributed by atoms with Crippen LogP contribution < -0.4 is 0 Å². The Hall–Kier alpha value is -1.01. The molecular weight excluding hydrogens is 363 g/mol. The Kier molecular flexibility index (Phi) is 9.57. The molecule has 6 nitrogen and oxygen atoms in total. The van der Waals surface area contributed by atoms with Crippen LogP contribution in [0.4, 0.5) is 0 Å². The lowest BCUT2D eigenvalue weighted by molar-refractivity contribution is -0.169. The molecule has 0 N–H and O–H groups in total. The minimum Gasteiger partial charge on any atom is -0.464 e. The molecule has 142 valence electrons. The van der Waals surface area contributed by atoms with Crippen LogP contribution in [0, 0.1) is 0 Å². The molecule has 1 rings (SSSR count). The fraction of sp³-hybridized carbons (Fsp3) is 0.588. The fourth-order valence-electron chi connectivity index (χ4n) is 2.38. The molecule has 1 aromatic rings. The van der Waals surface area contributed by atoms with Gasteiger partial charge in [-0.2, -0.15) is 8.42 Å². The van der Waals surface area contributed by atoms with Gasteiger partial charge in [0.15, 0.2) is 5.60 Å². The first kappa shape index (κ1) is 22.0. The SMILES string of the molecule is CCOC(=O)C(CCc1ccccc1)(CPCOS(C)(=O)=O)OCC. The molecule has 2 atom stereocenters. The number of hydrogen-bond acceptors (Lipinski definition) is 6. The highest BCUT2D eigenvalue weighted by molar-refractivity contribution is 7.86. The Morgan fingerprint density at radius 2 is 1.84 bits per heavy atom. The van der Waals surface area contributed by atoms with E-state index in [1.54, 1.807) is 6.92 Å². The zero-order chi connectivity index (χ0) is 18.8. The fourth-order valence-corrected chi connectivity index (χ4v) is 4.49. The van der Waals surface area contributed by atoms with Crippen LogP contribution in [0.5, 0.6) is 0 Å². The van der Waals surface area contributed by atoms with E-state index in [9.17, 15) is 13.2 Å². The maximum Gasteiger partial charge on any atom is 0.338 e. The number of benzene rings is 1. The van der Waals surface area contributed by atoms with Crippen LogP contribution in [0.3, 0.4) is 0 Å². The van der Waals surface area contributed by atoms with E-state index in [1.165, 1.54) is 0 Å². The van der Waals surface area contributed by atoms with Gasteiger partial charge in [0.2, 0.25) is 0 Å². The van der Waals surface area contributed by atoms with Crippen molar-refractivity contribution >= 4 is 24.7 Å². The predicted molar refractivity (Wildman–Crippen MR) is 99.7 cm³/mol. The highest BCUT2D eigenvalue weighted by atomic mass is 32.2. The second-order valence-electron chi connectivity index (χ2n) is 5.53. The first-order chi connectivity index (χ1) is 11.8. The topological polar surface area (TPSA) is 78.9 Å². The molecule has 8 heteroatoms. The summed E-state index contributed by atoms with van der Waals surface area (Å²) in [6.45, 7) is 4.21. The van der Waals surface area contributed by atoms with Gasteiger partial charge in [0, 0.05) is 12.8 Å². The lowest BCUT2D eigenvalue weighted by atomic mass is 9.96. The van der Waals surface area contributed by atoms with Gasteiger partial charge in [0.05, 0.1) is 19.2 Å². The molecule has 0 fully saturated rings. The van der Waals surface area contributed by atoms with Crippen LogP contribution in [-0.4, -0.2) is 52.0 Å². The van der Waals surface area contributed by atoms with Gasteiger partial charge in [-0.05, 0) is 32.3 Å². The van der Waals surface area contributed by atoms with Gasteiger partial charge < -0.3 is 9.47 Å². The smallest absolute Gasteiger partial charge is 0.338 e. The first-order valence-corrected chi connectivity index (χ1v) is 11.5. The third-order valence-corrected chi connectivity index (χ3v) is 5.44. The van der Waals surface area contributed by atoms with E-state index in [1.807, 2.05) is 37.3 Å². The number of aryl methyl sites for hydroxylation is 1. The molecule has 2 unspecified atom stereocenters. The van der Waals surface area contributed by atoms with Crippen molar-refractivity contribution in [2.45, 2.75) is 32.3 Å². The van der Waals surface area contributed by atoms with Crippen molar-refractivity contribution in [2.75, 3.05) is 32.0 Å². The third kappa shape index (κ3) is 8.27. The molecule has 0 amide bonds. The molecule has 0 aliphatic rings. The molecule has 0 aliphatic carbocycles. The molecule has 0 saturated carbocycles. The molecular formula is C17H27O6PS. The lowest BCUT2D eigenvalue weighted by Gasteiger charge is -2.31. The third-order valence-electron chi connectivity index (χ3n) is 3.51. The van der Waals surface area contributed by atoms with Gasteiger partial charge in [0.1, 0.15) is 0 Å². The Morgan fingerprint density at radius 3 is 2.40 bits per heavy atom. The minimum absolute atomic E-state index is 0.0401. The molecule has 0 aromatic heterocycles. The maximum atomic E-state index is 12.6. The van der Waals surface area contributed by atoms with Gasteiger partial charge in [-0.1, -0.05) is 38.9 Å². The monoisotopic (exact) mass is 390 g/mol. The van der Waals surface area contributed by atoms with Crippen molar-refractivity contribution in [3.8, 4) is 0 Å². The number of rotatable bonds is 12. The summed E-state index contributed by atoms with van der Waals surface area (Å²) in [6.07, 6.45) is 2.54. The standard InChI is InChI=1S/C17H27O6PS/c1-4-21-16(18)17(22-5-2,13-24-14-23-25(3,19)20)12-11-15-9-7-6-8-10-15/h6-10,24H,4-5,11-14H2,1-3H3. The van der Waals surface area contributed by atoms with Gasteiger partial charge in [-0.15, -0.1) is 0 Å². The molecule has 0 spiro atoms. The first-order valence-electron chi connectivity index (χ1n) is 8.23. The summed E-state index contributed by atoms with van der Waals surface area (Å²) in [4.78, 5) is 12.6. The molecule has 0 bridgehead atoms. The molecule has 0 heterocycles. The number of hydrogen-bond donors (Lipinski definition) is 0. The van der Waals surface area contributed by atoms with Gasteiger partial charge >= 0.3 is 5.97 Å². The molecule has 0 aliphatic heterocycles. The zero-order valence-corrected chi connectivity index (χ0v) is 16.8. The van der Waals surface area contributed by atoms with Gasteiger partial charge in [-0.25, -0.2) is 4.79 Å². The van der Waals surface area contributed by atoms with E-state index in [4.69, 9.17) is 13.7 Å². The molecule has 0 saturated heterocycles. The summed E-state index contributed by atoms with van der Waals surface area (Å²) in [5, 5.41) is 0. The summed E-state index contributed by atoms with van der Waals surface area (Å²) in [5.41, 5.74) is 0.0199. The van der Waals surface area contributed by atoms with Crippen LogP contribution in [0.2, 0.25) is 0 Å². The van der Waals surface area contributed by atoms with Crippen molar-refractivity contribution < 1.29 is 26.9 Å². The Labute approximate surface area is 152 Å². The van der Waals surface area contributed by atoms with Crippen molar-refractivity contribution in [1.82, 2.24) is 0 Å².